The molecule has 0 aliphatic carbocycles. The number of aldehydes is 1. The standard InChI is InChI=1S/C21H19FN2O4S/c22-15-4-5-20-19(6-8-23-21(20)10-15)18-7-9-24(12-14(18)13-25)29(27,28)17-3-1-2-16(26)11-17/h1-6,8,10-11,13-14,18,26H,7,9,12H2. The molecule has 2 aromatic carbocycles. The molecule has 4 rings (SSSR count). The zero-order chi connectivity index (χ0) is 20.6. The van der Waals surface area contributed by atoms with E-state index in [9.17, 15) is 22.7 Å². The summed E-state index contributed by atoms with van der Waals surface area (Å²) in [4.78, 5) is 16.0. The normalized spacial score (nSPS) is 20.6. The maximum absolute atomic E-state index is 13.5. The van der Waals surface area contributed by atoms with Crippen LogP contribution in [0.1, 0.15) is 17.9 Å². The van der Waals surface area contributed by atoms with Crippen LogP contribution in [0.3, 0.4) is 0 Å². The molecule has 1 fully saturated rings. The Kier molecular flexibility index (Phi) is 5.06. The lowest BCUT2D eigenvalue weighted by atomic mass is 9.81. The van der Waals surface area contributed by atoms with Crippen molar-refractivity contribution in [2.75, 3.05) is 13.1 Å². The number of carbonyl (C=O) groups excluding carboxylic acids is 1. The van der Waals surface area contributed by atoms with Gasteiger partial charge in [-0.2, -0.15) is 4.31 Å². The van der Waals surface area contributed by atoms with Crippen LogP contribution in [0.15, 0.2) is 59.6 Å². The number of benzene rings is 2. The predicted molar refractivity (Wildman–Crippen MR) is 105 cm³/mol. The number of nitrogens with zero attached hydrogens (tertiary/aromatic N) is 2. The summed E-state index contributed by atoms with van der Waals surface area (Å²) in [6.45, 7) is 0.273. The molecule has 0 amide bonds. The molecule has 1 aromatic heterocycles. The molecule has 0 saturated carbocycles. The van der Waals surface area contributed by atoms with Crippen molar-refractivity contribution < 1.29 is 22.7 Å². The van der Waals surface area contributed by atoms with Gasteiger partial charge in [-0.25, -0.2) is 12.8 Å². The van der Waals surface area contributed by atoms with Crippen LogP contribution in [0.5, 0.6) is 5.75 Å². The number of pyridine rings is 1. The van der Waals surface area contributed by atoms with Crippen LogP contribution in [0.2, 0.25) is 0 Å². The number of fused-ring (bicyclic) bond motifs is 1. The quantitative estimate of drug-likeness (QED) is 0.663. The number of sulfonamides is 1. The third-order valence-corrected chi connectivity index (χ3v) is 7.25. The van der Waals surface area contributed by atoms with Crippen molar-refractivity contribution in [2.24, 2.45) is 5.92 Å². The summed E-state index contributed by atoms with van der Waals surface area (Å²) in [5.74, 6) is -1.27. The molecular weight excluding hydrogens is 395 g/mol. The first-order valence-electron chi connectivity index (χ1n) is 9.19. The Labute approximate surface area is 167 Å². The molecular formula is C21H19FN2O4S. The van der Waals surface area contributed by atoms with Crippen molar-refractivity contribution in [3.8, 4) is 5.75 Å². The summed E-state index contributed by atoms with van der Waals surface area (Å²) in [5.41, 5.74) is 1.36. The van der Waals surface area contributed by atoms with E-state index >= 15 is 0 Å². The maximum atomic E-state index is 13.5. The Hall–Kier alpha value is -2.84. The number of piperidine rings is 1. The average Bonchev–Trinajstić information content (AvgIpc) is 2.72. The second kappa shape index (κ2) is 7.53. The molecule has 0 radical (unpaired) electrons. The fourth-order valence-corrected chi connectivity index (χ4v) is 5.49. The Bertz CT molecular complexity index is 1180. The molecule has 1 aliphatic heterocycles. The number of halogens is 1. The molecule has 1 saturated heterocycles. The Morgan fingerprint density at radius 2 is 2.00 bits per heavy atom. The lowest BCUT2D eigenvalue weighted by Gasteiger charge is -2.36. The van der Waals surface area contributed by atoms with E-state index in [-0.39, 0.29) is 35.5 Å². The van der Waals surface area contributed by atoms with Gasteiger partial charge in [0.2, 0.25) is 10.0 Å². The molecule has 2 atom stereocenters. The topological polar surface area (TPSA) is 87.6 Å². The zero-order valence-electron chi connectivity index (χ0n) is 15.4. The first-order valence-corrected chi connectivity index (χ1v) is 10.6. The summed E-state index contributed by atoms with van der Waals surface area (Å²) in [7, 11) is -3.83. The van der Waals surface area contributed by atoms with Crippen molar-refractivity contribution in [1.82, 2.24) is 9.29 Å². The van der Waals surface area contributed by atoms with Gasteiger partial charge in [-0.3, -0.25) is 4.98 Å². The third kappa shape index (κ3) is 3.61. The SMILES string of the molecule is O=CC1CN(S(=O)(=O)c2cccc(O)c2)CCC1c1ccnc2cc(F)ccc12. The summed E-state index contributed by atoms with van der Waals surface area (Å²) >= 11 is 0. The van der Waals surface area contributed by atoms with Crippen LogP contribution in [0.25, 0.3) is 10.9 Å². The fraction of sp³-hybridized carbons (Fsp3) is 0.238. The number of phenols is 1. The summed E-state index contributed by atoms with van der Waals surface area (Å²) in [6, 6.07) is 11.6. The van der Waals surface area contributed by atoms with Crippen LogP contribution in [-0.2, 0) is 14.8 Å². The Morgan fingerprint density at radius 1 is 1.17 bits per heavy atom. The summed E-state index contributed by atoms with van der Waals surface area (Å²) < 4.78 is 40.7. The van der Waals surface area contributed by atoms with E-state index < -0.39 is 15.9 Å². The molecule has 6 nitrogen and oxygen atoms in total. The van der Waals surface area contributed by atoms with Gasteiger partial charge in [0.1, 0.15) is 17.9 Å². The summed E-state index contributed by atoms with van der Waals surface area (Å²) in [6.07, 6.45) is 2.80. The minimum atomic E-state index is -3.83. The number of carbonyl (C=O) groups is 1. The van der Waals surface area contributed by atoms with Gasteiger partial charge in [0, 0.05) is 36.7 Å². The van der Waals surface area contributed by atoms with E-state index in [1.54, 1.807) is 18.3 Å². The smallest absolute Gasteiger partial charge is 0.243 e. The average molecular weight is 414 g/mol. The molecule has 150 valence electrons. The number of aromatic nitrogens is 1. The zero-order valence-corrected chi connectivity index (χ0v) is 16.2. The Balaban J connectivity index is 1.66. The van der Waals surface area contributed by atoms with Gasteiger partial charge in [0.25, 0.3) is 0 Å². The van der Waals surface area contributed by atoms with Gasteiger partial charge in [-0.15, -0.1) is 0 Å². The largest absolute Gasteiger partial charge is 0.508 e. The molecule has 0 spiro atoms. The Morgan fingerprint density at radius 3 is 2.76 bits per heavy atom. The van der Waals surface area contributed by atoms with Crippen LogP contribution in [0, 0.1) is 11.7 Å². The van der Waals surface area contributed by atoms with Gasteiger partial charge in [0.05, 0.1) is 10.4 Å². The maximum Gasteiger partial charge on any atom is 0.243 e. The van der Waals surface area contributed by atoms with Crippen molar-refractivity contribution >= 4 is 27.2 Å². The lowest BCUT2D eigenvalue weighted by molar-refractivity contribution is -0.112. The van der Waals surface area contributed by atoms with Gasteiger partial charge in [-0.05, 0) is 54.3 Å². The third-order valence-electron chi connectivity index (χ3n) is 5.39. The molecule has 1 aliphatic rings. The van der Waals surface area contributed by atoms with Crippen molar-refractivity contribution in [3.63, 3.8) is 0 Å². The fourth-order valence-electron chi connectivity index (χ4n) is 3.95. The highest BCUT2D eigenvalue weighted by atomic mass is 32.2. The van der Waals surface area contributed by atoms with Crippen LogP contribution < -0.4 is 0 Å². The van der Waals surface area contributed by atoms with Gasteiger partial charge < -0.3 is 9.90 Å². The second-order valence-electron chi connectivity index (χ2n) is 7.12. The van der Waals surface area contributed by atoms with E-state index in [0.717, 1.165) is 17.2 Å². The van der Waals surface area contributed by atoms with Gasteiger partial charge in [-0.1, -0.05) is 6.07 Å². The number of hydrogen-bond donors (Lipinski definition) is 1. The number of hydrogen-bond acceptors (Lipinski definition) is 5. The van der Waals surface area contributed by atoms with E-state index in [2.05, 4.69) is 4.98 Å². The van der Waals surface area contributed by atoms with Gasteiger partial charge >= 0.3 is 0 Å². The van der Waals surface area contributed by atoms with Crippen molar-refractivity contribution in [2.45, 2.75) is 17.2 Å². The number of phenolic OH excluding ortho intramolecular Hbond substituents is 1. The number of aromatic hydroxyl groups is 1. The highest BCUT2D eigenvalue weighted by Crippen LogP contribution is 2.37. The van der Waals surface area contributed by atoms with E-state index in [0.29, 0.717) is 11.9 Å². The highest BCUT2D eigenvalue weighted by Gasteiger charge is 2.36. The highest BCUT2D eigenvalue weighted by molar-refractivity contribution is 7.89. The van der Waals surface area contributed by atoms with Crippen LogP contribution in [-0.4, -0.2) is 42.2 Å². The minimum Gasteiger partial charge on any atom is -0.508 e. The molecule has 2 heterocycles. The molecule has 1 N–H and O–H groups in total. The summed E-state index contributed by atoms with van der Waals surface area (Å²) in [5, 5.41) is 10.4. The van der Waals surface area contributed by atoms with Crippen LogP contribution >= 0.6 is 0 Å². The molecule has 3 aromatic rings. The van der Waals surface area contributed by atoms with E-state index in [4.69, 9.17) is 0 Å². The second-order valence-corrected chi connectivity index (χ2v) is 9.06. The van der Waals surface area contributed by atoms with Crippen LogP contribution in [0.4, 0.5) is 4.39 Å². The van der Waals surface area contributed by atoms with E-state index in [1.165, 1.54) is 40.7 Å². The molecule has 8 heteroatoms. The number of rotatable bonds is 4. The first kappa shape index (κ1) is 19.5. The molecule has 0 bridgehead atoms. The molecule has 29 heavy (non-hydrogen) atoms. The first-order chi connectivity index (χ1) is 13.9. The molecule has 2 unspecified atom stereocenters. The monoisotopic (exact) mass is 414 g/mol. The van der Waals surface area contributed by atoms with Gasteiger partial charge in [0.15, 0.2) is 0 Å². The van der Waals surface area contributed by atoms with Crippen molar-refractivity contribution in [3.05, 3.63) is 66.1 Å². The lowest BCUT2D eigenvalue weighted by Crippen LogP contribution is -2.43. The minimum absolute atomic E-state index is 0.00886. The predicted octanol–water partition coefficient (Wildman–Crippen LogP) is 3.07. The van der Waals surface area contributed by atoms with E-state index in [1.807, 2.05) is 0 Å². The van der Waals surface area contributed by atoms with Crippen molar-refractivity contribution in [1.29, 1.82) is 0 Å².